The average molecular weight is 463 g/mol. The highest BCUT2D eigenvalue weighted by Crippen LogP contribution is 2.24. The molecule has 1 aliphatic heterocycles. The van der Waals surface area contributed by atoms with Crippen molar-refractivity contribution in [2.24, 2.45) is 0 Å². The lowest BCUT2D eigenvalue weighted by Gasteiger charge is -2.16. The maximum Gasteiger partial charge on any atom is 0.256 e. The molecule has 0 spiro atoms. The Morgan fingerprint density at radius 1 is 0.909 bits per heavy atom. The summed E-state index contributed by atoms with van der Waals surface area (Å²) in [4.78, 5) is 13.4. The van der Waals surface area contributed by atoms with Gasteiger partial charge in [0, 0.05) is 24.4 Å². The number of carbonyl (C=O) groups is 1. The minimum absolute atomic E-state index is 0.236. The number of amides is 1. The first-order valence-electron chi connectivity index (χ1n) is 10.8. The van der Waals surface area contributed by atoms with Crippen LogP contribution in [0.15, 0.2) is 83.8 Å². The van der Waals surface area contributed by atoms with Crippen LogP contribution in [0.5, 0.6) is 5.75 Å². The van der Waals surface area contributed by atoms with Crippen LogP contribution in [-0.2, 0) is 14.8 Å². The van der Waals surface area contributed by atoms with Crippen LogP contribution in [0.4, 0.5) is 5.69 Å². The number of hydrogen-bond donors (Lipinski definition) is 1. The van der Waals surface area contributed by atoms with E-state index in [4.69, 9.17) is 4.74 Å². The molecule has 0 bridgehead atoms. The van der Waals surface area contributed by atoms with E-state index in [-0.39, 0.29) is 10.8 Å². The number of methoxy groups -OCH3 is 1. The molecular weight excluding hydrogens is 436 g/mol. The number of ether oxygens (including phenoxy) is 1. The molecule has 1 saturated heterocycles. The lowest BCUT2D eigenvalue weighted by Crippen LogP contribution is -2.27. The zero-order chi connectivity index (χ0) is 23.3. The van der Waals surface area contributed by atoms with Crippen LogP contribution in [-0.4, -0.2) is 38.8 Å². The number of nitrogens with one attached hydrogen (secondary N) is 1. The predicted molar refractivity (Wildman–Crippen MR) is 130 cm³/mol. The zero-order valence-electron chi connectivity index (χ0n) is 18.4. The molecule has 1 amide bonds. The third-order valence-corrected chi connectivity index (χ3v) is 7.48. The van der Waals surface area contributed by atoms with Crippen molar-refractivity contribution in [3.05, 3.63) is 90.0 Å². The van der Waals surface area contributed by atoms with Crippen molar-refractivity contribution in [1.82, 2.24) is 4.31 Å². The first kappa shape index (κ1) is 22.8. The van der Waals surface area contributed by atoms with Gasteiger partial charge in [-0.1, -0.05) is 42.5 Å². The molecule has 0 radical (unpaired) electrons. The van der Waals surface area contributed by atoms with Gasteiger partial charge in [0.05, 0.1) is 12.0 Å². The monoisotopic (exact) mass is 462 g/mol. The molecule has 0 atom stereocenters. The molecule has 0 aliphatic carbocycles. The molecule has 1 N–H and O–H groups in total. The summed E-state index contributed by atoms with van der Waals surface area (Å²) < 4.78 is 32.2. The second-order valence-electron chi connectivity index (χ2n) is 7.79. The largest absolute Gasteiger partial charge is 0.497 e. The summed E-state index contributed by atoms with van der Waals surface area (Å²) in [5, 5.41) is 2.89. The van der Waals surface area contributed by atoms with E-state index in [1.54, 1.807) is 31.4 Å². The van der Waals surface area contributed by atoms with E-state index in [1.807, 2.05) is 60.7 Å². The van der Waals surface area contributed by atoms with Gasteiger partial charge in [-0.15, -0.1) is 0 Å². The highest BCUT2D eigenvalue weighted by molar-refractivity contribution is 7.89. The van der Waals surface area contributed by atoms with Gasteiger partial charge in [-0.05, 0) is 66.4 Å². The van der Waals surface area contributed by atoms with E-state index < -0.39 is 10.0 Å². The quantitative estimate of drug-likeness (QED) is 0.409. The number of benzene rings is 3. The Bertz CT molecular complexity index is 1230. The maximum atomic E-state index is 13.2. The number of carbonyl (C=O) groups excluding carboxylic acids is 1. The molecule has 0 unspecified atom stereocenters. The summed E-state index contributed by atoms with van der Waals surface area (Å²) in [5.74, 6) is 0.453. The van der Waals surface area contributed by atoms with Crippen LogP contribution in [0.2, 0.25) is 0 Å². The Labute approximate surface area is 194 Å². The van der Waals surface area contributed by atoms with E-state index in [0.717, 1.165) is 29.7 Å². The van der Waals surface area contributed by atoms with Crippen LogP contribution in [0.1, 0.15) is 24.0 Å². The standard InChI is InChI=1S/C26H26N2O4S/c1-32-23-13-9-20(10-14-23)19-25(21-7-3-2-4-8-21)26(29)27-22-11-15-24(16-12-22)33(30,31)28-17-5-6-18-28/h2-4,7-16,19H,5-6,17-18H2,1H3,(H,27,29)/b25-19+. The third kappa shape index (κ3) is 5.32. The van der Waals surface area contributed by atoms with E-state index >= 15 is 0 Å². The van der Waals surface area contributed by atoms with Crippen molar-refractivity contribution < 1.29 is 17.9 Å². The molecule has 1 aliphatic rings. The van der Waals surface area contributed by atoms with Gasteiger partial charge in [-0.25, -0.2) is 8.42 Å². The molecule has 1 fully saturated rings. The van der Waals surface area contributed by atoms with Crippen molar-refractivity contribution >= 4 is 33.3 Å². The number of anilines is 1. The zero-order valence-corrected chi connectivity index (χ0v) is 19.2. The summed E-state index contributed by atoms with van der Waals surface area (Å²) in [6, 6.07) is 23.2. The SMILES string of the molecule is COc1ccc(/C=C(/C(=O)Nc2ccc(S(=O)(=O)N3CCCC3)cc2)c2ccccc2)cc1. The van der Waals surface area contributed by atoms with Gasteiger partial charge in [0.25, 0.3) is 5.91 Å². The molecule has 7 heteroatoms. The molecule has 33 heavy (non-hydrogen) atoms. The first-order valence-corrected chi connectivity index (χ1v) is 12.2. The molecule has 0 saturated carbocycles. The van der Waals surface area contributed by atoms with Crippen LogP contribution >= 0.6 is 0 Å². The lowest BCUT2D eigenvalue weighted by molar-refractivity contribution is -0.111. The Kier molecular flexibility index (Phi) is 6.91. The van der Waals surface area contributed by atoms with Gasteiger partial charge < -0.3 is 10.1 Å². The smallest absolute Gasteiger partial charge is 0.256 e. The topological polar surface area (TPSA) is 75.7 Å². The fourth-order valence-electron chi connectivity index (χ4n) is 3.75. The second kappa shape index (κ2) is 10.0. The average Bonchev–Trinajstić information content (AvgIpc) is 3.40. The lowest BCUT2D eigenvalue weighted by atomic mass is 10.0. The van der Waals surface area contributed by atoms with Crippen molar-refractivity contribution in [3.63, 3.8) is 0 Å². The highest BCUT2D eigenvalue weighted by Gasteiger charge is 2.27. The number of sulfonamides is 1. The first-order chi connectivity index (χ1) is 16.0. The van der Waals surface area contributed by atoms with Gasteiger partial charge in [0.15, 0.2) is 0 Å². The van der Waals surface area contributed by atoms with Crippen LogP contribution in [0.25, 0.3) is 11.6 Å². The molecule has 0 aromatic heterocycles. The fraction of sp³-hybridized carbons (Fsp3) is 0.192. The van der Waals surface area contributed by atoms with Crippen molar-refractivity contribution in [2.75, 3.05) is 25.5 Å². The normalized spacial score (nSPS) is 14.8. The predicted octanol–water partition coefficient (Wildman–Crippen LogP) is 4.66. The van der Waals surface area contributed by atoms with E-state index in [1.165, 1.54) is 4.31 Å². The van der Waals surface area contributed by atoms with Crippen molar-refractivity contribution in [1.29, 1.82) is 0 Å². The van der Waals surface area contributed by atoms with Crippen molar-refractivity contribution in [3.8, 4) is 5.75 Å². The van der Waals surface area contributed by atoms with Gasteiger partial charge in [-0.2, -0.15) is 4.31 Å². The van der Waals surface area contributed by atoms with Gasteiger partial charge in [-0.3, -0.25) is 4.79 Å². The van der Waals surface area contributed by atoms with E-state index in [2.05, 4.69) is 5.32 Å². The second-order valence-corrected chi connectivity index (χ2v) is 9.72. The van der Waals surface area contributed by atoms with Gasteiger partial charge in [0.2, 0.25) is 10.0 Å². The number of hydrogen-bond acceptors (Lipinski definition) is 4. The summed E-state index contributed by atoms with van der Waals surface area (Å²) in [6.45, 7) is 1.11. The number of rotatable bonds is 7. The molecule has 6 nitrogen and oxygen atoms in total. The Morgan fingerprint density at radius 3 is 2.15 bits per heavy atom. The molecule has 170 valence electrons. The summed E-state index contributed by atoms with van der Waals surface area (Å²) >= 11 is 0. The van der Waals surface area contributed by atoms with Gasteiger partial charge in [0.1, 0.15) is 5.75 Å². The molecular formula is C26H26N2O4S. The third-order valence-electron chi connectivity index (χ3n) is 5.57. The Morgan fingerprint density at radius 2 is 1.55 bits per heavy atom. The maximum absolute atomic E-state index is 13.2. The molecule has 3 aromatic carbocycles. The molecule has 1 heterocycles. The van der Waals surface area contributed by atoms with Crippen molar-refractivity contribution in [2.45, 2.75) is 17.7 Å². The minimum Gasteiger partial charge on any atom is -0.497 e. The Balaban J connectivity index is 1.57. The summed E-state index contributed by atoms with van der Waals surface area (Å²) in [7, 11) is -1.88. The Hall–Kier alpha value is -3.42. The highest BCUT2D eigenvalue weighted by atomic mass is 32.2. The fourth-order valence-corrected chi connectivity index (χ4v) is 5.27. The molecule has 4 rings (SSSR count). The van der Waals surface area contributed by atoms with Crippen LogP contribution in [0.3, 0.4) is 0 Å². The van der Waals surface area contributed by atoms with E-state index in [0.29, 0.717) is 24.4 Å². The minimum atomic E-state index is -3.49. The van der Waals surface area contributed by atoms with Gasteiger partial charge >= 0.3 is 0 Å². The number of nitrogens with zero attached hydrogens (tertiary/aromatic N) is 1. The molecule has 3 aromatic rings. The van der Waals surface area contributed by atoms with Crippen LogP contribution < -0.4 is 10.1 Å². The summed E-state index contributed by atoms with van der Waals surface area (Å²) in [5.41, 5.74) is 2.65. The summed E-state index contributed by atoms with van der Waals surface area (Å²) in [6.07, 6.45) is 3.59. The van der Waals surface area contributed by atoms with E-state index in [9.17, 15) is 13.2 Å². The van der Waals surface area contributed by atoms with Crippen LogP contribution in [0, 0.1) is 0 Å².